The fraction of sp³-hybridized carbons (Fsp3) is 0.111. The van der Waals surface area contributed by atoms with Gasteiger partial charge >= 0.3 is 6.36 Å². The molecule has 0 fully saturated rings. The van der Waals surface area contributed by atoms with Gasteiger partial charge in [0, 0.05) is 30.4 Å². The number of fused-ring (bicyclic) bond motifs is 1. The molecule has 3 heterocycles. The summed E-state index contributed by atoms with van der Waals surface area (Å²) in [7, 11) is 1.83. The van der Waals surface area contributed by atoms with Gasteiger partial charge in [-0.25, -0.2) is 4.98 Å². The monoisotopic (exact) mass is 358 g/mol. The summed E-state index contributed by atoms with van der Waals surface area (Å²) in [5, 5.41) is 5.11. The molecule has 0 atom stereocenters. The normalized spacial score (nSPS) is 11.8. The third kappa shape index (κ3) is 3.13. The maximum Gasteiger partial charge on any atom is 0.573 e. The molecule has 1 aromatic carbocycles. The predicted octanol–water partition coefficient (Wildman–Crippen LogP) is 4.32. The van der Waals surface area contributed by atoms with E-state index in [0.717, 1.165) is 16.7 Å². The largest absolute Gasteiger partial charge is 0.573 e. The van der Waals surface area contributed by atoms with Crippen molar-refractivity contribution in [2.45, 2.75) is 6.36 Å². The minimum absolute atomic E-state index is 0.263. The standard InChI is InChI=1S/C18H13F3N4O/c1-24-11-14(10-22-24)25-9-8-13-4-7-16(23-17(13)25)12-2-5-15(6-3-12)26-18(19,20)21/h2-11H,1H3. The van der Waals surface area contributed by atoms with Crippen molar-refractivity contribution in [2.24, 2.45) is 7.05 Å². The highest BCUT2D eigenvalue weighted by atomic mass is 19.4. The summed E-state index contributed by atoms with van der Waals surface area (Å²) in [5.41, 5.74) is 2.97. The summed E-state index contributed by atoms with van der Waals surface area (Å²) in [6, 6.07) is 11.3. The second kappa shape index (κ2) is 5.91. The Hall–Kier alpha value is -3.29. The number of benzene rings is 1. The summed E-state index contributed by atoms with van der Waals surface area (Å²) in [4.78, 5) is 4.66. The minimum atomic E-state index is -4.71. The Morgan fingerprint density at radius 2 is 1.77 bits per heavy atom. The Balaban J connectivity index is 1.71. The lowest BCUT2D eigenvalue weighted by atomic mass is 10.1. The van der Waals surface area contributed by atoms with Gasteiger partial charge in [0.25, 0.3) is 0 Å². The van der Waals surface area contributed by atoms with Crippen molar-refractivity contribution in [1.29, 1.82) is 0 Å². The van der Waals surface area contributed by atoms with Crippen molar-refractivity contribution in [1.82, 2.24) is 19.3 Å². The van der Waals surface area contributed by atoms with Gasteiger partial charge in [0.15, 0.2) is 0 Å². The predicted molar refractivity (Wildman–Crippen MR) is 90.0 cm³/mol. The average molecular weight is 358 g/mol. The quantitative estimate of drug-likeness (QED) is 0.548. The first-order valence-electron chi connectivity index (χ1n) is 7.72. The summed E-state index contributed by atoms with van der Waals surface area (Å²) < 4.78 is 44.3. The molecule has 0 N–H and O–H groups in total. The lowest BCUT2D eigenvalue weighted by Gasteiger charge is -2.09. The Morgan fingerprint density at radius 1 is 1.00 bits per heavy atom. The maximum absolute atomic E-state index is 12.3. The molecule has 5 nitrogen and oxygen atoms in total. The van der Waals surface area contributed by atoms with Gasteiger partial charge in [-0.1, -0.05) is 0 Å². The first-order chi connectivity index (χ1) is 12.4. The number of alkyl halides is 3. The molecule has 0 radical (unpaired) electrons. The molecule has 4 aromatic rings. The fourth-order valence-electron chi connectivity index (χ4n) is 2.74. The molecule has 132 valence electrons. The number of pyridine rings is 1. The van der Waals surface area contributed by atoms with E-state index in [1.165, 1.54) is 12.1 Å². The van der Waals surface area contributed by atoms with Crippen molar-refractivity contribution in [3.63, 3.8) is 0 Å². The van der Waals surface area contributed by atoms with Gasteiger partial charge in [0.2, 0.25) is 0 Å². The van der Waals surface area contributed by atoms with Gasteiger partial charge in [-0.3, -0.25) is 9.25 Å². The van der Waals surface area contributed by atoms with Crippen LogP contribution in [0.3, 0.4) is 0 Å². The fourth-order valence-corrected chi connectivity index (χ4v) is 2.74. The number of hydrogen-bond acceptors (Lipinski definition) is 3. The SMILES string of the molecule is Cn1cc(-n2ccc3ccc(-c4ccc(OC(F)(F)F)cc4)nc32)cn1. The zero-order valence-corrected chi connectivity index (χ0v) is 13.6. The van der Waals surface area contributed by atoms with Crippen LogP contribution in [0.15, 0.2) is 61.1 Å². The van der Waals surface area contributed by atoms with Gasteiger partial charge in [0.1, 0.15) is 11.4 Å². The van der Waals surface area contributed by atoms with Gasteiger partial charge in [0.05, 0.1) is 17.6 Å². The lowest BCUT2D eigenvalue weighted by molar-refractivity contribution is -0.274. The number of aryl methyl sites for hydroxylation is 1. The molecule has 0 unspecified atom stereocenters. The van der Waals surface area contributed by atoms with Crippen molar-refractivity contribution in [2.75, 3.05) is 0 Å². The molecule has 0 saturated heterocycles. The second-order valence-electron chi connectivity index (χ2n) is 5.74. The smallest absolute Gasteiger partial charge is 0.406 e. The van der Waals surface area contributed by atoms with Gasteiger partial charge < -0.3 is 4.74 Å². The minimum Gasteiger partial charge on any atom is -0.406 e. The van der Waals surface area contributed by atoms with Crippen LogP contribution >= 0.6 is 0 Å². The number of nitrogens with zero attached hydrogens (tertiary/aromatic N) is 4. The molecule has 0 amide bonds. The van der Waals surface area contributed by atoms with Crippen molar-refractivity contribution in [3.05, 3.63) is 61.1 Å². The van der Waals surface area contributed by atoms with Crippen molar-refractivity contribution in [3.8, 4) is 22.7 Å². The van der Waals surface area contributed by atoms with Gasteiger partial charge in [-0.2, -0.15) is 5.10 Å². The molecule has 0 bridgehead atoms. The topological polar surface area (TPSA) is 44.9 Å². The van der Waals surface area contributed by atoms with E-state index >= 15 is 0 Å². The van der Waals surface area contributed by atoms with Crippen molar-refractivity contribution < 1.29 is 17.9 Å². The molecule has 0 aliphatic heterocycles. The summed E-state index contributed by atoms with van der Waals surface area (Å²) >= 11 is 0. The molecule has 8 heteroatoms. The van der Waals surface area contributed by atoms with Gasteiger partial charge in [-0.15, -0.1) is 13.2 Å². The maximum atomic E-state index is 12.3. The zero-order valence-electron chi connectivity index (χ0n) is 13.6. The van der Waals surface area contributed by atoms with Crippen LogP contribution in [0.4, 0.5) is 13.2 Å². The number of hydrogen-bond donors (Lipinski definition) is 0. The average Bonchev–Trinajstić information content (AvgIpc) is 3.19. The first-order valence-corrected chi connectivity index (χ1v) is 7.72. The van der Waals surface area contributed by atoms with E-state index in [1.54, 1.807) is 23.0 Å². The van der Waals surface area contributed by atoms with Crippen LogP contribution in [-0.4, -0.2) is 25.7 Å². The molecule has 3 aromatic heterocycles. The second-order valence-corrected chi connectivity index (χ2v) is 5.74. The zero-order chi connectivity index (χ0) is 18.3. The van der Waals surface area contributed by atoms with Crippen LogP contribution in [0.25, 0.3) is 28.0 Å². The highest BCUT2D eigenvalue weighted by molar-refractivity contribution is 5.81. The van der Waals surface area contributed by atoms with Crippen LogP contribution in [0.1, 0.15) is 0 Å². The third-order valence-electron chi connectivity index (χ3n) is 3.89. The molecular formula is C18H13F3N4O. The van der Waals surface area contributed by atoms with Crippen LogP contribution in [0, 0.1) is 0 Å². The molecular weight excluding hydrogens is 345 g/mol. The molecule has 4 rings (SSSR count). The number of ether oxygens (including phenoxy) is 1. The molecule has 0 saturated carbocycles. The van der Waals surface area contributed by atoms with E-state index in [0.29, 0.717) is 11.3 Å². The first kappa shape index (κ1) is 16.2. The Bertz CT molecular complexity index is 1060. The highest BCUT2D eigenvalue weighted by Crippen LogP contribution is 2.27. The van der Waals surface area contributed by atoms with E-state index in [9.17, 15) is 13.2 Å². The summed E-state index contributed by atoms with van der Waals surface area (Å²) in [6.07, 6.45) is 0.802. The molecule has 0 aliphatic carbocycles. The van der Waals surface area contributed by atoms with E-state index in [4.69, 9.17) is 0 Å². The van der Waals surface area contributed by atoms with Gasteiger partial charge in [-0.05, 0) is 42.5 Å². The number of halogens is 3. The summed E-state index contributed by atoms with van der Waals surface area (Å²) in [5.74, 6) is -0.263. The molecule has 0 spiro atoms. The van der Waals surface area contributed by atoms with Crippen LogP contribution < -0.4 is 4.74 Å². The van der Waals surface area contributed by atoms with Crippen molar-refractivity contribution >= 4 is 11.0 Å². The highest BCUT2D eigenvalue weighted by Gasteiger charge is 2.30. The Kier molecular flexibility index (Phi) is 3.68. The lowest BCUT2D eigenvalue weighted by Crippen LogP contribution is -2.16. The van der Waals surface area contributed by atoms with E-state index in [1.807, 2.05) is 42.2 Å². The van der Waals surface area contributed by atoms with Crippen LogP contribution in [0.5, 0.6) is 5.75 Å². The Labute approximate surface area is 146 Å². The van der Waals surface area contributed by atoms with Crippen LogP contribution in [0.2, 0.25) is 0 Å². The third-order valence-corrected chi connectivity index (χ3v) is 3.89. The van der Waals surface area contributed by atoms with E-state index < -0.39 is 6.36 Å². The van der Waals surface area contributed by atoms with E-state index in [2.05, 4.69) is 14.8 Å². The molecule has 26 heavy (non-hydrogen) atoms. The van der Waals surface area contributed by atoms with Crippen LogP contribution in [-0.2, 0) is 7.05 Å². The Morgan fingerprint density at radius 3 is 2.42 bits per heavy atom. The number of rotatable bonds is 3. The molecule has 0 aliphatic rings. The van der Waals surface area contributed by atoms with E-state index in [-0.39, 0.29) is 5.75 Å². The summed E-state index contributed by atoms with van der Waals surface area (Å²) in [6.45, 7) is 0. The number of aromatic nitrogens is 4.